The van der Waals surface area contributed by atoms with Crippen molar-refractivity contribution in [3.05, 3.63) is 18.2 Å². The highest BCUT2D eigenvalue weighted by Gasteiger charge is 2.12. The smallest absolute Gasteiger partial charge is 0.387 e. The number of nitrogens with two attached hydrogens (primary N) is 1. The number of sulfone groups is 1. The third-order valence-electron chi connectivity index (χ3n) is 1.56. The number of nitrogen functional groups attached to an aromatic ring is 1. The Morgan fingerprint density at radius 2 is 1.93 bits per heavy atom. The first-order valence-corrected chi connectivity index (χ1v) is 5.73. The van der Waals surface area contributed by atoms with Gasteiger partial charge in [-0.1, -0.05) is 0 Å². The Hall–Kier alpha value is -1.37. The second-order valence-corrected chi connectivity index (χ2v) is 4.90. The highest BCUT2D eigenvalue weighted by atomic mass is 32.2. The van der Waals surface area contributed by atoms with Gasteiger partial charge in [0.15, 0.2) is 9.84 Å². The van der Waals surface area contributed by atoms with Gasteiger partial charge in [0, 0.05) is 18.0 Å². The van der Waals surface area contributed by atoms with E-state index in [0.29, 0.717) is 0 Å². The average Bonchev–Trinajstić information content (AvgIpc) is 1.99. The summed E-state index contributed by atoms with van der Waals surface area (Å²) in [5, 5.41) is 0. The molecular formula is C8H9F2NO3S. The number of ether oxygens (including phenoxy) is 1. The molecule has 0 unspecified atom stereocenters. The Morgan fingerprint density at radius 1 is 1.33 bits per heavy atom. The van der Waals surface area contributed by atoms with Crippen molar-refractivity contribution in [3.8, 4) is 5.75 Å². The topological polar surface area (TPSA) is 69.4 Å². The van der Waals surface area contributed by atoms with Gasteiger partial charge in [0.25, 0.3) is 0 Å². The normalized spacial score (nSPS) is 11.7. The fourth-order valence-corrected chi connectivity index (χ4v) is 1.66. The van der Waals surface area contributed by atoms with Crippen molar-refractivity contribution in [1.82, 2.24) is 0 Å². The van der Waals surface area contributed by atoms with Crippen molar-refractivity contribution in [2.24, 2.45) is 0 Å². The lowest BCUT2D eigenvalue weighted by Gasteiger charge is -2.07. The minimum absolute atomic E-state index is 0.0496. The number of benzene rings is 1. The van der Waals surface area contributed by atoms with E-state index in [9.17, 15) is 17.2 Å². The van der Waals surface area contributed by atoms with Crippen LogP contribution in [-0.2, 0) is 9.84 Å². The molecule has 0 bridgehead atoms. The van der Waals surface area contributed by atoms with Crippen molar-refractivity contribution in [2.75, 3.05) is 12.0 Å². The van der Waals surface area contributed by atoms with Crippen LogP contribution in [0.15, 0.2) is 23.1 Å². The molecule has 1 rings (SSSR count). The van der Waals surface area contributed by atoms with Gasteiger partial charge in [-0.15, -0.1) is 0 Å². The summed E-state index contributed by atoms with van der Waals surface area (Å²) in [6, 6.07) is 3.30. The number of hydrogen-bond donors (Lipinski definition) is 1. The molecule has 0 aromatic heterocycles. The highest BCUT2D eigenvalue weighted by molar-refractivity contribution is 7.90. The van der Waals surface area contributed by atoms with Gasteiger partial charge in [-0.3, -0.25) is 0 Å². The average molecular weight is 237 g/mol. The number of anilines is 1. The summed E-state index contributed by atoms with van der Waals surface area (Å²) < 4.78 is 50.0. The summed E-state index contributed by atoms with van der Waals surface area (Å²) in [7, 11) is -3.49. The summed E-state index contributed by atoms with van der Waals surface area (Å²) >= 11 is 0. The van der Waals surface area contributed by atoms with E-state index in [2.05, 4.69) is 4.74 Å². The summed E-state index contributed by atoms with van der Waals surface area (Å²) in [5.41, 5.74) is 5.39. The van der Waals surface area contributed by atoms with E-state index in [4.69, 9.17) is 5.73 Å². The molecule has 4 nitrogen and oxygen atoms in total. The minimum atomic E-state index is -3.49. The summed E-state index contributed by atoms with van der Waals surface area (Å²) in [4.78, 5) is -0.154. The number of rotatable bonds is 3. The number of hydrogen-bond acceptors (Lipinski definition) is 4. The number of alkyl halides is 2. The van der Waals surface area contributed by atoms with E-state index in [0.717, 1.165) is 18.4 Å². The van der Waals surface area contributed by atoms with E-state index < -0.39 is 16.4 Å². The van der Waals surface area contributed by atoms with Crippen LogP contribution < -0.4 is 10.5 Å². The molecule has 0 aliphatic rings. The Labute approximate surface area is 85.6 Å². The first-order chi connectivity index (χ1) is 6.79. The lowest BCUT2D eigenvalue weighted by molar-refractivity contribution is -0.0499. The van der Waals surface area contributed by atoms with Crippen molar-refractivity contribution in [3.63, 3.8) is 0 Å². The van der Waals surface area contributed by atoms with Crippen LogP contribution in [0.1, 0.15) is 0 Å². The molecule has 84 valence electrons. The van der Waals surface area contributed by atoms with Crippen molar-refractivity contribution >= 4 is 15.5 Å². The standard InChI is InChI=1S/C8H9F2NO3S/c1-15(12,13)7-3-5(11)2-6(4-7)14-8(9)10/h2-4,8H,11H2,1H3. The van der Waals surface area contributed by atoms with Crippen LogP contribution in [0.5, 0.6) is 5.75 Å². The van der Waals surface area contributed by atoms with Gasteiger partial charge in [-0.25, -0.2) is 8.42 Å². The molecule has 0 radical (unpaired) electrons. The van der Waals surface area contributed by atoms with Crippen LogP contribution in [0.25, 0.3) is 0 Å². The van der Waals surface area contributed by atoms with Gasteiger partial charge in [-0.05, 0) is 12.1 Å². The molecule has 7 heteroatoms. The Bertz CT molecular complexity index is 459. The quantitative estimate of drug-likeness (QED) is 0.804. The second-order valence-electron chi connectivity index (χ2n) is 2.89. The van der Waals surface area contributed by atoms with E-state index in [1.54, 1.807) is 0 Å². The van der Waals surface area contributed by atoms with Crippen LogP contribution in [0.3, 0.4) is 0 Å². The molecule has 0 aliphatic carbocycles. The zero-order valence-corrected chi connectivity index (χ0v) is 8.59. The van der Waals surface area contributed by atoms with Crippen LogP contribution in [0.2, 0.25) is 0 Å². The van der Waals surface area contributed by atoms with Gasteiger partial charge in [0.2, 0.25) is 0 Å². The molecule has 0 amide bonds. The molecule has 0 heterocycles. The van der Waals surface area contributed by atoms with Gasteiger partial charge < -0.3 is 10.5 Å². The molecule has 1 aromatic rings. The van der Waals surface area contributed by atoms with Crippen LogP contribution in [0, 0.1) is 0 Å². The van der Waals surface area contributed by atoms with Crippen molar-refractivity contribution in [1.29, 1.82) is 0 Å². The first-order valence-electron chi connectivity index (χ1n) is 3.84. The maximum Gasteiger partial charge on any atom is 0.387 e. The van der Waals surface area contributed by atoms with Gasteiger partial charge in [-0.2, -0.15) is 8.78 Å². The maximum absolute atomic E-state index is 11.9. The molecular weight excluding hydrogens is 228 g/mol. The molecule has 0 atom stereocenters. The van der Waals surface area contributed by atoms with E-state index in [1.165, 1.54) is 6.07 Å². The second kappa shape index (κ2) is 4.01. The molecule has 0 saturated heterocycles. The third kappa shape index (κ3) is 3.35. The Balaban J connectivity index is 3.17. The van der Waals surface area contributed by atoms with Gasteiger partial charge in [0.05, 0.1) is 4.90 Å². The van der Waals surface area contributed by atoms with Crippen LogP contribution >= 0.6 is 0 Å². The fraction of sp³-hybridized carbons (Fsp3) is 0.250. The lowest BCUT2D eigenvalue weighted by atomic mass is 10.3. The Kier molecular flexibility index (Phi) is 3.13. The van der Waals surface area contributed by atoms with Gasteiger partial charge in [0.1, 0.15) is 5.75 Å². The summed E-state index contributed by atoms with van der Waals surface area (Å²) in [6.07, 6.45) is 0.952. The molecule has 1 aromatic carbocycles. The molecule has 0 fully saturated rings. The van der Waals surface area contributed by atoms with Crippen LogP contribution in [0.4, 0.5) is 14.5 Å². The summed E-state index contributed by atoms with van der Waals surface area (Å²) in [5.74, 6) is -0.273. The maximum atomic E-state index is 11.9. The van der Waals surface area contributed by atoms with E-state index >= 15 is 0 Å². The molecule has 2 N–H and O–H groups in total. The van der Waals surface area contributed by atoms with E-state index in [1.807, 2.05) is 0 Å². The van der Waals surface area contributed by atoms with Crippen molar-refractivity contribution in [2.45, 2.75) is 11.5 Å². The largest absolute Gasteiger partial charge is 0.435 e. The predicted molar refractivity (Wildman–Crippen MR) is 50.6 cm³/mol. The summed E-state index contributed by atoms with van der Waals surface area (Å²) in [6.45, 7) is -3.01. The number of halogens is 2. The minimum Gasteiger partial charge on any atom is -0.435 e. The SMILES string of the molecule is CS(=O)(=O)c1cc(N)cc(OC(F)F)c1. The monoisotopic (exact) mass is 237 g/mol. The fourth-order valence-electron chi connectivity index (χ4n) is 0.979. The lowest BCUT2D eigenvalue weighted by Crippen LogP contribution is -2.05. The van der Waals surface area contributed by atoms with E-state index in [-0.39, 0.29) is 16.3 Å². The molecule has 15 heavy (non-hydrogen) atoms. The Morgan fingerprint density at radius 3 is 2.40 bits per heavy atom. The third-order valence-corrected chi connectivity index (χ3v) is 2.65. The molecule has 0 spiro atoms. The molecule has 0 saturated carbocycles. The first kappa shape index (κ1) is 11.7. The predicted octanol–water partition coefficient (Wildman–Crippen LogP) is 1.27. The zero-order valence-electron chi connectivity index (χ0n) is 7.78. The zero-order chi connectivity index (χ0) is 11.6. The highest BCUT2D eigenvalue weighted by Crippen LogP contribution is 2.23. The molecule has 0 aliphatic heterocycles. The van der Waals surface area contributed by atoms with Crippen molar-refractivity contribution < 1.29 is 21.9 Å². The van der Waals surface area contributed by atoms with Gasteiger partial charge >= 0.3 is 6.61 Å². The van der Waals surface area contributed by atoms with Crippen LogP contribution in [-0.4, -0.2) is 21.3 Å².